The van der Waals surface area contributed by atoms with Gasteiger partial charge in [0.1, 0.15) is 5.75 Å². The summed E-state index contributed by atoms with van der Waals surface area (Å²) in [5.74, 6) is -1.31. The molecule has 0 saturated heterocycles. The molecule has 0 radical (unpaired) electrons. The molecule has 0 bridgehead atoms. The summed E-state index contributed by atoms with van der Waals surface area (Å²) in [6.45, 7) is 1.19. The first-order valence-electron chi connectivity index (χ1n) is 6.52. The molecule has 24 heavy (non-hydrogen) atoms. The second-order valence-electron chi connectivity index (χ2n) is 4.59. The minimum atomic E-state index is -0.704. The van der Waals surface area contributed by atoms with Gasteiger partial charge in [-0.2, -0.15) is 0 Å². The zero-order valence-electron chi connectivity index (χ0n) is 12.2. The number of nitro benzene ring substituents is 1. The number of amides is 1. The summed E-state index contributed by atoms with van der Waals surface area (Å²) in [5.41, 5.74) is 0.0479. The van der Waals surface area contributed by atoms with E-state index in [1.807, 2.05) is 0 Å². The molecule has 0 spiro atoms. The van der Waals surface area contributed by atoms with Gasteiger partial charge in [-0.15, -0.1) is 0 Å². The molecule has 0 saturated carbocycles. The van der Waals surface area contributed by atoms with Gasteiger partial charge in [-0.1, -0.05) is 11.6 Å². The molecular weight excluding hydrogens is 359 g/mol. The van der Waals surface area contributed by atoms with E-state index in [1.165, 1.54) is 49.4 Å². The summed E-state index contributed by atoms with van der Waals surface area (Å²) in [6.07, 6.45) is 0. The third kappa shape index (κ3) is 4.01. The zero-order chi connectivity index (χ0) is 17.9. The molecule has 0 atom stereocenters. The summed E-state index contributed by atoms with van der Waals surface area (Å²) < 4.78 is 5.72. The lowest BCUT2D eigenvalue weighted by atomic mass is 10.1. The van der Waals surface area contributed by atoms with Crippen molar-refractivity contribution in [3.63, 3.8) is 0 Å². The Labute approximate surface area is 146 Å². The first-order valence-corrected chi connectivity index (χ1v) is 7.24. The number of halogens is 2. The summed E-state index contributed by atoms with van der Waals surface area (Å²) in [4.78, 5) is 33.7. The predicted molar refractivity (Wildman–Crippen MR) is 88.5 cm³/mol. The van der Waals surface area contributed by atoms with Crippen molar-refractivity contribution in [2.45, 2.75) is 6.92 Å². The largest absolute Gasteiger partial charge is 0.426 e. The molecule has 0 N–H and O–H groups in total. The van der Waals surface area contributed by atoms with Crippen LogP contribution < -0.4 is 9.16 Å². The van der Waals surface area contributed by atoms with Gasteiger partial charge in [-0.3, -0.25) is 19.7 Å². The van der Waals surface area contributed by atoms with E-state index in [4.69, 9.17) is 28.1 Å². The average molecular weight is 369 g/mol. The summed E-state index contributed by atoms with van der Waals surface area (Å²) in [7, 11) is 0. The van der Waals surface area contributed by atoms with Crippen molar-refractivity contribution in [2.75, 3.05) is 4.42 Å². The lowest BCUT2D eigenvalue weighted by Gasteiger charge is -2.16. The molecule has 0 fully saturated rings. The molecule has 1 amide bonds. The Morgan fingerprint density at radius 3 is 2.33 bits per heavy atom. The first-order chi connectivity index (χ1) is 11.3. The fourth-order valence-electron chi connectivity index (χ4n) is 1.84. The molecule has 124 valence electrons. The molecule has 2 rings (SSSR count). The Morgan fingerprint density at radius 2 is 1.79 bits per heavy atom. The lowest BCUT2D eigenvalue weighted by Crippen LogP contribution is -2.22. The van der Waals surface area contributed by atoms with Crippen LogP contribution in [-0.4, -0.2) is 16.8 Å². The number of anilines is 1. The van der Waals surface area contributed by atoms with Crippen LogP contribution in [0.4, 0.5) is 11.4 Å². The van der Waals surface area contributed by atoms with Gasteiger partial charge in [0.05, 0.1) is 16.2 Å². The molecule has 0 aliphatic carbocycles. The van der Waals surface area contributed by atoms with E-state index < -0.39 is 16.8 Å². The van der Waals surface area contributed by atoms with Crippen molar-refractivity contribution in [1.29, 1.82) is 0 Å². The van der Waals surface area contributed by atoms with Crippen LogP contribution in [0.3, 0.4) is 0 Å². The van der Waals surface area contributed by atoms with E-state index in [-0.39, 0.29) is 27.7 Å². The zero-order valence-corrected chi connectivity index (χ0v) is 13.7. The van der Waals surface area contributed by atoms with Crippen LogP contribution in [-0.2, 0) is 4.79 Å². The van der Waals surface area contributed by atoms with Crippen LogP contribution >= 0.6 is 23.4 Å². The van der Waals surface area contributed by atoms with Crippen molar-refractivity contribution in [2.24, 2.45) is 0 Å². The molecule has 2 aromatic rings. The van der Waals surface area contributed by atoms with Crippen LogP contribution in [0.1, 0.15) is 17.3 Å². The van der Waals surface area contributed by atoms with Gasteiger partial charge >= 0.3 is 5.97 Å². The second-order valence-corrected chi connectivity index (χ2v) is 5.37. The summed E-state index contributed by atoms with van der Waals surface area (Å²) in [5, 5.41) is 10.9. The fourth-order valence-corrected chi connectivity index (χ4v) is 2.22. The Kier molecular flexibility index (Phi) is 5.38. The Morgan fingerprint density at radius 1 is 1.17 bits per heavy atom. The summed E-state index contributed by atoms with van der Waals surface area (Å²) in [6, 6.07) is 9.20. The Balaban J connectivity index is 2.35. The predicted octanol–water partition coefficient (Wildman–Crippen LogP) is 3.97. The van der Waals surface area contributed by atoms with E-state index in [2.05, 4.69) is 0 Å². The number of hydrogen-bond acceptors (Lipinski definition) is 5. The number of nitro groups is 1. The normalized spacial score (nSPS) is 10.1. The average Bonchev–Trinajstić information content (AvgIpc) is 2.54. The number of benzene rings is 2. The van der Waals surface area contributed by atoms with Crippen LogP contribution in [0, 0.1) is 10.1 Å². The molecule has 0 aromatic heterocycles. The van der Waals surface area contributed by atoms with Crippen LogP contribution in [0.5, 0.6) is 5.75 Å². The molecule has 7 nitrogen and oxygen atoms in total. The SMILES string of the molecule is CC(=O)Oc1ccc(Cl)cc1C(=O)N(Cl)c1ccc([N+](=O)[O-])cc1. The maximum atomic E-state index is 12.5. The molecule has 9 heteroatoms. The monoisotopic (exact) mass is 368 g/mol. The number of ether oxygens (including phenoxy) is 1. The van der Waals surface area contributed by atoms with Gasteiger partial charge in [0.2, 0.25) is 0 Å². The quantitative estimate of drug-likeness (QED) is 0.267. The number of rotatable bonds is 4. The van der Waals surface area contributed by atoms with Crippen molar-refractivity contribution >= 4 is 46.6 Å². The van der Waals surface area contributed by atoms with E-state index in [0.717, 1.165) is 4.42 Å². The highest BCUT2D eigenvalue weighted by atomic mass is 35.5. The number of esters is 1. The van der Waals surface area contributed by atoms with Crippen molar-refractivity contribution in [3.8, 4) is 5.75 Å². The standard InChI is InChI=1S/C15H10Cl2N2O5/c1-9(20)24-14-7-2-10(16)8-13(14)15(21)18(17)11-3-5-12(6-4-11)19(22)23/h2-8H,1H3. The molecule has 0 unspecified atom stereocenters. The number of hydrogen-bond donors (Lipinski definition) is 0. The van der Waals surface area contributed by atoms with Gasteiger partial charge < -0.3 is 4.74 Å². The maximum absolute atomic E-state index is 12.5. The first kappa shape index (κ1) is 17.7. The van der Waals surface area contributed by atoms with Crippen molar-refractivity contribution in [3.05, 3.63) is 63.2 Å². The van der Waals surface area contributed by atoms with E-state index in [9.17, 15) is 19.7 Å². The van der Waals surface area contributed by atoms with Gasteiger partial charge in [-0.25, -0.2) is 4.42 Å². The molecule has 0 aliphatic rings. The number of carbonyl (C=O) groups is 2. The van der Waals surface area contributed by atoms with Crippen LogP contribution in [0.15, 0.2) is 42.5 Å². The molecular formula is C15H10Cl2N2O5. The van der Waals surface area contributed by atoms with Gasteiger partial charge in [0.25, 0.3) is 11.6 Å². The van der Waals surface area contributed by atoms with Crippen LogP contribution in [0.2, 0.25) is 5.02 Å². The Bertz CT molecular complexity index is 808. The minimum Gasteiger partial charge on any atom is -0.426 e. The lowest BCUT2D eigenvalue weighted by molar-refractivity contribution is -0.384. The van der Waals surface area contributed by atoms with E-state index in [1.54, 1.807) is 0 Å². The van der Waals surface area contributed by atoms with Crippen molar-refractivity contribution in [1.82, 2.24) is 0 Å². The number of carbonyl (C=O) groups excluding carboxylic acids is 2. The third-order valence-corrected chi connectivity index (χ3v) is 3.48. The fraction of sp³-hybridized carbons (Fsp3) is 0.0667. The maximum Gasteiger partial charge on any atom is 0.308 e. The van der Waals surface area contributed by atoms with Crippen molar-refractivity contribution < 1.29 is 19.2 Å². The molecule has 0 heterocycles. The Hall–Kier alpha value is -2.64. The highest BCUT2D eigenvalue weighted by Gasteiger charge is 2.22. The highest BCUT2D eigenvalue weighted by molar-refractivity contribution is 6.40. The topological polar surface area (TPSA) is 89.8 Å². The molecule has 2 aromatic carbocycles. The van der Waals surface area contributed by atoms with E-state index >= 15 is 0 Å². The third-order valence-electron chi connectivity index (χ3n) is 2.89. The minimum absolute atomic E-state index is 0.00413. The van der Waals surface area contributed by atoms with Gasteiger partial charge in [0, 0.05) is 35.9 Å². The van der Waals surface area contributed by atoms with E-state index in [0.29, 0.717) is 0 Å². The van der Waals surface area contributed by atoms with Gasteiger partial charge in [-0.05, 0) is 30.3 Å². The van der Waals surface area contributed by atoms with Gasteiger partial charge in [0.15, 0.2) is 0 Å². The second kappa shape index (κ2) is 7.29. The highest BCUT2D eigenvalue weighted by Crippen LogP contribution is 2.28. The number of nitrogens with zero attached hydrogens (tertiary/aromatic N) is 2. The summed E-state index contributed by atoms with van der Waals surface area (Å²) >= 11 is 11.9. The molecule has 0 aliphatic heterocycles. The van der Waals surface area contributed by atoms with Crippen LogP contribution in [0.25, 0.3) is 0 Å². The number of non-ortho nitro benzene ring substituents is 1. The smallest absolute Gasteiger partial charge is 0.308 e.